The van der Waals surface area contributed by atoms with E-state index in [0.29, 0.717) is 18.4 Å². The van der Waals surface area contributed by atoms with E-state index in [2.05, 4.69) is 13.8 Å². The van der Waals surface area contributed by atoms with Gasteiger partial charge >= 0.3 is 6.09 Å². The molecule has 0 spiro atoms. The number of aliphatic hydroxyl groups excluding tert-OH is 3. The number of carbonyl (C=O) groups is 3. The Kier molecular flexibility index (Phi) is 30.9. The lowest BCUT2D eigenvalue weighted by molar-refractivity contribution is -0.245. The van der Waals surface area contributed by atoms with Gasteiger partial charge in [-0.25, -0.2) is 9.69 Å². The molecule has 3 rings (SSSR count). The molecule has 5 N–H and O–H groups in total. The van der Waals surface area contributed by atoms with Gasteiger partial charge in [0.15, 0.2) is 6.23 Å². The second kappa shape index (κ2) is 35.7. The van der Waals surface area contributed by atoms with Crippen molar-refractivity contribution in [3.8, 4) is 0 Å². The van der Waals surface area contributed by atoms with E-state index < -0.39 is 55.2 Å². The van der Waals surface area contributed by atoms with Crippen LogP contribution in [0.5, 0.6) is 0 Å². The van der Waals surface area contributed by atoms with Crippen LogP contribution in [-0.4, -0.2) is 92.8 Å². The molecule has 2 aromatic rings. The first-order chi connectivity index (χ1) is 32.2. The van der Waals surface area contributed by atoms with Gasteiger partial charge in [-0.05, 0) is 30.4 Å². The lowest BCUT2D eigenvalue weighted by atomic mass is 9.92. The largest absolute Gasteiger partial charge is 0.444 e. The predicted molar refractivity (Wildman–Crippen MR) is 265 cm³/mol. The van der Waals surface area contributed by atoms with Crippen LogP contribution in [0.4, 0.5) is 4.79 Å². The SMILES string of the molecule is CCCCCCCCCCCCCCCCCC(=O)N(CCCCCCCCCCCCCC)[C@@H]1O[C@H](CO)[C@@H](O)[C@H](O)[C@H]1N(C(=O)OCc1ccccc1)C(=O)[C@@H](N)Cc1ccccc1. The maximum atomic E-state index is 14.5. The van der Waals surface area contributed by atoms with Gasteiger partial charge in [-0.15, -0.1) is 0 Å². The zero-order chi connectivity index (χ0) is 47.6. The molecule has 0 saturated carbocycles. The van der Waals surface area contributed by atoms with Crippen LogP contribution in [-0.2, 0) is 32.1 Å². The molecule has 3 amide bonds. The van der Waals surface area contributed by atoms with E-state index >= 15 is 0 Å². The van der Waals surface area contributed by atoms with E-state index in [0.717, 1.165) is 55.4 Å². The zero-order valence-corrected chi connectivity index (χ0v) is 41.2. The average Bonchev–Trinajstić information content (AvgIpc) is 3.33. The monoisotopic (exact) mass is 922 g/mol. The van der Waals surface area contributed by atoms with Crippen LogP contribution in [0.25, 0.3) is 0 Å². The maximum Gasteiger partial charge on any atom is 0.417 e. The van der Waals surface area contributed by atoms with Gasteiger partial charge in [0.05, 0.1) is 12.6 Å². The molecule has 0 radical (unpaired) electrons. The normalized spacial score (nSPS) is 18.8. The highest BCUT2D eigenvalue weighted by Crippen LogP contribution is 2.31. The molecular formula is C55H91N3O8. The molecule has 6 atom stereocenters. The van der Waals surface area contributed by atoms with Gasteiger partial charge in [-0.2, -0.15) is 0 Å². The number of unbranched alkanes of at least 4 members (excludes halogenated alkanes) is 25. The maximum absolute atomic E-state index is 14.5. The number of nitrogens with two attached hydrogens (primary N) is 1. The van der Waals surface area contributed by atoms with E-state index in [4.69, 9.17) is 15.2 Å². The highest BCUT2D eigenvalue weighted by atomic mass is 16.6. The summed E-state index contributed by atoms with van der Waals surface area (Å²) < 4.78 is 12.1. The van der Waals surface area contributed by atoms with Gasteiger partial charge < -0.3 is 35.4 Å². The molecule has 0 aromatic heterocycles. The molecule has 11 nitrogen and oxygen atoms in total. The molecule has 66 heavy (non-hydrogen) atoms. The molecule has 1 heterocycles. The van der Waals surface area contributed by atoms with Crippen LogP contribution in [0.15, 0.2) is 60.7 Å². The van der Waals surface area contributed by atoms with Gasteiger partial charge in [-0.3, -0.25) is 9.59 Å². The van der Waals surface area contributed by atoms with Crippen molar-refractivity contribution in [3.05, 3.63) is 71.8 Å². The fourth-order valence-corrected chi connectivity index (χ4v) is 9.21. The second-order valence-electron chi connectivity index (χ2n) is 18.9. The topological polar surface area (TPSA) is 163 Å². The summed E-state index contributed by atoms with van der Waals surface area (Å²) in [5.41, 5.74) is 8.01. The number of carbonyl (C=O) groups excluding carboxylic acids is 3. The van der Waals surface area contributed by atoms with E-state index in [9.17, 15) is 29.7 Å². The molecular weight excluding hydrogens is 831 g/mol. The summed E-state index contributed by atoms with van der Waals surface area (Å²) in [5, 5.41) is 33.6. The molecule has 0 aliphatic carbocycles. The van der Waals surface area contributed by atoms with E-state index in [1.165, 1.54) is 120 Å². The fourth-order valence-electron chi connectivity index (χ4n) is 9.21. The quantitative estimate of drug-likeness (QED) is 0.0483. The first-order valence-corrected chi connectivity index (χ1v) is 26.5. The molecule has 11 heteroatoms. The van der Waals surface area contributed by atoms with Crippen molar-refractivity contribution in [2.24, 2.45) is 5.73 Å². The van der Waals surface area contributed by atoms with Crippen molar-refractivity contribution in [2.75, 3.05) is 13.2 Å². The highest BCUT2D eigenvalue weighted by Gasteiger charge is 2.53. The Morgan fingerprint density at radius 2 is 1.03 bits per heavy atom. The smallest absolute Gasteiger partial charge is 0.417 e. The fraction of sp³-hybridized carbons (Fsp3) is 0.727. The van der Waals surface area contributed by atoms with Crippen LogP contribution in [0.2, 0.25) is 0 Å². The Labute approximate surface area is 399 Å². The average molecular weight is 922 g/mol. The minimum absolute atomic E-state index is 0.0823. The van der Waals surface area contributed by atoms with Crippen molar-refractivity contribution in [3.63, 3.8) is 0 Å². The lowest BCUT2D eigenvalue weighted by Gasteiger charge is -2.49. The molecule has 0 bridgehead atoms. The number of aliphatic hydroxyl groups is 3. The number of hydrogen-bond donors (Lipinski definition) is 4. The summed E-state index contributed by atoms with van der Waals surface area (Å²) in [4.78, 5) is 45.6. The molecule has 1 saturated heterocycles. The van der Waals surface area contributed by atoms with Gasteiger partial charge in [0.25, 0.3) is 0 Å². The lowest BCUT2D eigenvalue weighted by Crippen LogP contribution is -2.71. The Hall–Kier alpha value is -3.35. The summed E-state index contributed by atoms with van der Waals surface area (Å²) >= 11 is 0. The number of amides is 3. The minimum Gasteiger partial charge on any atom is -0.444 e. The van der Waals surface area contributed by atoms with Crippen molar-refractivity contribution < 1.29 is 39.2 Å². The van der Waals surface area contributed by atoms with Gasteiger partial charge in [0, 0.05) is 13.0 Å². The third-order valence-corrected chi connectivity index (χ3v) is 13.3. The van der Waals surface area contributed by atoms with Crippen molar-refractivity contribution in [2.45, 2.75) is 243 Å². The Bertz CT molecular complexity index is 1530. The molecule has 0 unspecified atom stereocenters. The molecule has 1 fully saturated rings. The number of nitrogens with zero attached hydrogens (tertiary/aromatic N) is 2. The first-order valence-electron chi connectivity index (χ1n) is 26.5. The molecule has 1 aliphatic rings. The number of hydrogen-bond acceptors (Lipinski definition) is 9. The van der Waals surface area contributed by atoms with Gasteiger partial charge in [0.1, 0.15) is 31.0 Å². The summed E-state index contributed by atoms with van der Waals surface area (Å²) in [7, 11) is 0. The Morgan fingerprint density at radius 1 is 0.606 bits per heavy atom. The van der Waals surface area contributed by atoms with Crippen LogP contribution < -0.4 is 5.73 Å². The molecule has 374 valence electrons. The third kappa shape index (κ3) is 22.2. The standard InChI is InChI=1S/C55H91N3O8/c1-3-5-7-9-11-13-15-17-18-19-20-22-24-26-34-40-49(60)57(41-35-27-25-23-21-16-14-12-10-8-6-4-2)54-50(52(62)51(61)48(43-59)66-54)58(55(64)65-44-46-38-32-29-33-39-46)53(63)47(56)42-45-36-30-28-31-37-45/h28-33,36-39,47-48,50-52,54,59,61-62H,3-27,34-35,40-44,56H2,1-2H3/t47-,48+,50+,51+,52+,54+/m0/s1. The van der Waals surface area contributed by atoms with Crippen LogP contribution in [0, 0.1) is 0 Å². The zero-order valence-electron chi connectivity index (χ0n) is 41.2. The first kappa shape index (κ1) is 57.0. The van der Waals surface area contributed by atoms with Gasteiger partial charge in [0.2, 0.25) is 11.8 Å². The van der Waals surface area contributed by atoms with Crippen molar-refractivity contribution in [1.82, 2.24) is 9.80 Å². The highest BCUT2D eigenvalue weighted by molar-refractivity contribution is 5.95. The van der Waals surface area contributed by atoms with Gasteiger partial charge in [-0.1, -0.05) is 235 Å². The number of imide groups is 1. The minimum atomic E-state index is -1.79. The summed E-state index contributed by atoms with van der Waals surface area (Å²) in [6, 6.07) is 15.4. The predicted octanol–water partition coefficient (Wildman–Crippen LogP) is 11.3. The van der Waals surface area contributed by atoms with E-state index in [1.54, 1.807) is 24.3 Å². The second-order valence-corrected chi connectivity index (χ2v) is 18.9. The molecule has 1 aliphatic heterocycles. The summed E-state index contributed by atoms with van der Waals surface area (Å²) in [6.07, 6.45) is 24.8. The van der Waals surface area contributed by atoms with Crippen molar-refractivity contribution >= 4 is 17.9 Å². The van der Waals surface area contributed by atoms with Crippen LogP contribution in [0.1, 0.15) is 205 Å². The Morgan fingerprint density at radius 3 is 1.48 bits per heavy atom. The number of benzene rings is 2. The number of ether oxygens (including phenoxy) is 2. The van der Waals surface area contributed by atoms with E-state index in [1.807, 2.05) is 36.4 Å². The third-order valence-electron chi connectivity index (χ3n) is 13.3. The molecule has 2 aromatic carbocycles. The van der Waals surface area contributed by atoms with Crippen LogP contribution in [0.3, 0.4) is 0 Å². The Balaban J connectivity index is 1.75. The van der Waals surface area contributed by atoms with E-state index in [-0.39, 0.29) is 31.9 Å². The summed E-state index contributed by atoms with van der Waals surface area (Å²) in [5.74, 6) is -1.08. The van der Waals surface area contributed by atoms with Crippen molar-refractivity contribution in [1.29, 1.82) is 0 Å². The van der Waals surface area contributed by atoms with Crippen LogP contribution >= 0.6 is 0 Å². The summed E-state index contributed by atoms with van der Waals surface area (Å²) in [6.45, 7) is 3.91. The number of rotatable bonds is 37.